The number of nitriles is 1. The first-order chi connectivity index (χ1) is 8.13. The Labute approximate surface area is 102 Å². The number of anilines is 1. The van der Waals surface area contributed by atoms with E-state index < -0.39 is 0 Å². The lowest BCUT2D eigenvalue weighted by Gasteiger charge is -2.22. The summed E-state index contributed by atoms with van der Waals surface area (Å²) in [6, 6.07) is 6.02. The molecule has 17 heavy (non-hydrogen) atoms. The average molecular weight is 234 g/mol. The van der Waals surface area contributed by atoms with Gasteiger partial charge in [0.25, 0.3) is 0 Å². The van der Waals surface area contributed by atoms with Crippen LogP contribution in [-0.2, 0) is 0 Å². The molecular formula is C13H18N2O2. The van der Waals surface area contributed by atoms with Gasteiger partial charge in [-0.15, -0.1) is 0 Å². The molecule has 1 aromatic carbocycles. The van der Waals surface area contributed by atoms with Crippen LogP contribution in [0.25, 0.3) is 0 Å². The fourth-order valence-corrected chi connectivity index (χ4v) is 1.72. The molecule has 1 aromatic rings. The third-order valence-electron chi connectivity index (χ3n) is 2.67. The van der Waals surface area contributed by atoms with Gasteiger partial charge < -0.3 is 14.4 Å². The molecule has 4 heteroatoms. The molecule has 0 saturated carbocycles. The first-order valence-electron chi connectivity index (χ1n) is 5.44. The van der Waals surface area contributed by atoms with Crippen LogP contribution in [0.5, 0.6) is 11.5 Å². The van der Waals surface area contributed by atoms with E-state index in [1.165, 1.54) is 0 Å². The van der Waals surface area contributed by atoms with Crippen molar-refractivity contribution < 1.29 is 9.47 Å². The lowest BCUT2D eigenvalue weighted by atomic mass is 10.1. The molecule has 1 rings (SSSR count). The van der Waals surface area contributed by atoms with Crippen molar-refractivity contribution in [3.63, 3.8) is 0 Å². The summed E-state index contributed by atoms with van der Waals surface area (Å²) in [7, 11) is 5.20. The zero-order valence-electron chi connectivity index (χ0n) is 10.8. The van der Waals surface area contributed by atoms with Crippen molar-refractivity contribution in [3.8, 4) is 17.6 Å². The molecule has 0 aliphatic carbocycles. The van der Waals surface area contributed by atoms with E-state index in [0.717, 1.165) is 17.0 Å². The van der Waals surface area contributed by atoms with Gasteiger partial charge in [0.15, 0.2) is 11.5 Å². The van der Waals surface area contributed by atoms with Crippen LogP contribution < -0.4 is 14.4 Å². The maximum Gasteiger partial charge on any atom is 0.162 e. The largest absolute Gasteiger partial charge is 0.493 e. The maximum absolute atomic E-state index is 8.59. The number of aryl methyl sites for hydroxylation is 1. The van der Waals surface area contributed by atoms with Crippen molar-refractivity contribution in [2.45, 2.75) is 13.3 Å². The maximum atomic E-state index is 8.59. The fraction of sp³-hybridized carbons (Fsp3) is 0.462. The van der Waals surface area contributed by atoms with Gasteiger partial charge in [-0.1, -0.05) is 0 Å². The van der Waals surface area contributed by atoms with Crippen LogP contribution in [0, 0.1) is 18.3 Å². The van der Waals surface area contributed by atoms with Crippen LogP contribution in [-0.4, -0.2) is 27.8 Å². The molecule has 0 atom stereocenters. The van der Waals surface area contributed by atoms with Gasteiger partial charge in [-0.2, -0.15) is 5.26 Å². The van der Waals surface area contributed by atoms with E-state index in [-0.39, 0.29) is 0 Å². The van der Waals surface area contributed by atoms with E-state index in [4.69, 9.17) is 14.7 Å². The monoisotopic (exact) mass is 234 g/mol. The van der Waals surface area contributed by atoms with E-state index in [2.05, 4.69) is 6.07 Å². The fourth-order valence-electron chi connectivity index (χ4n) is 1.72. The summed E-state index contributed by atoms with van der Waals surface area (Å²) in [6.07, 6.45) is 0.504. The zero-order valence-corrected chi connectivity index (χ0v) is 10.8. The second-order valence-corrected chi connectivity index (χ2v) is 3.82. The molecule has 0 fully saturated rings. The number of methoxy groups -OCH3 is 2. The Morgan fingerprint density at radius 3 is 2.35 bits per heavy atom. The Kier molecular flexibility index (Phi) is 4.65. The topological polar surface area (TPSA) is 45.5 Å². The predicted octanol–water partition coefficient (Wildman–Crippen LogP) is 2.36. The van der Waals surface area contributed by atoms with Crippen LogP contribution in [0.2, 0.25) is 0 Å². The van der Waals surface area contributed by atoms with Crippen molar-refractivity contribution in [1.82, 2.24) is 0 Å². The van der Waals surface area contributed by atoms with E-state index in [0.29, 0.717) is 18.7 Å². The highest BCUT2D eigenvalue weighted by Crippen LogP contribution is 2.34. The molecule has 0 spiro atoms. The average Bonchev–Trinajstić information content (AvgIpc) is 2.35. The van der Waals surface area contributed by atoms with Crippen LogP contribution in [0.4, 0.5) is 5.69 Å². The molecule has 4 nitrogen and oxygen atoms in total. The van der Waals surface area contributed by atoms with Gasteiger partial charge >= 0.3 is 0 Å². The lowest BCUT2D eigenvalue weighted by molar-refractivity contribution is 0.355. The van der Waals surface area contributed by atoms with Crippen LogP contribution in [0.1, 0.15) is 12.0 Å². The second-order valence-electron chi connectivity index (χ2n) is 3.82. The number of nitrogens with zero attached hydrogens (tertiary/aromatic N) is 2. The van der Waals surface area contributed by atoms with Gasteiger partial charge in [-0.25, -0.2) is 0 Å². The number of hydrogen-bond donors (Lipinski definition) is 0. The summed E-state index contributed by atoms with van der Waals surface area (Å²) in [5.41, 5.74) is 2.15. The van der Waals surface area contributed by atoms with E-state index in [1.807, 2.05) is 31.0 Å². The summed E-state index contributed by atoms with van der Waals surface area (Å²) >= 11 is 0. The number of hydrogen-bond acceptors (Lipinski definition) is 4. The Balaban J connectivity index is 3.04. The highest BCUT2D eigenvalue weighted by Gasteiger charge is 2.11. The summed E-state index contributed by atoms with van der Waals surface area (Å²) < 4.78 is 10.5. The molecule has 0 radical (unpaired) electrons. The minimum absolute atomic E-state index is 0.504. The van der Waals surface area contributed by atoms with E-state index in [1.54, 1.807) is 14.2 Å². The third-order valence-corrected chi connectivity index (χ3v) is 2.67. The molecular weight excluding hydrogens is 216 g/mol. The van der Waals surface area contributed by atoms with Crippen LogP contribution >= 0.6 is 0 Å². The minimum Gasteiger partial charge on any atom is -0.493 e. The molecule has 0 saturated heterocycles. The van der Waals surface area contributed by atoms with Crippen molar-refractivity contribution in [2.24, 2.45) is 0 Å². The molecule has 0 bridgehead atoms. The third kappa shape index (κ3) is 3.04. The standard InChI is InChI=1S/C13H18N2O2/c1-10-8-12(16-3)13(17-4)9-11(10)15(2)7-5-6-14/h8-9H,5,7H2,1-4H3. The van der Waals surface area contributed by atoms with Crippen molar-refractivity contribution in [1.29, 1.82) is 5.26 Å². The Morgan fingerprint density at radius 2 is 1.82 bits per heavy atom. The number of benzene rings is 1. The van der Waals surface area contributed by atoms with Crippen LogP contribution in [0.3, 0.4) is 0 Å². The minimum atomic E-state index is 0.504. The van der Waals surface area contributed by atoms with Gasteiger partial charge in [0.05, 0.1) is 26.7 Å². The molecule has 0 aliphatic heterocycles. The number of rotatable bonds is 5. The molecule has 0 heterocycles. The highest BCUT2D eigenvalue weighted by atomic mass is 16.5. The molecule has 0 N–H and O–H groups in total. The lowest BCUT2D eigenvalue weighted by Crippen LogP contribution is -2.19. The van der Waals surface area contributed by atoms with Gasteiger partial charge in [0.1, 0.15) is 0 Å². The second kappa shape index (κ2) is 6.00. The van der Waals surface area contributed by atoms with Gasteiger partial charge in [0.2, 0.25) is 0 Å². The number of ether oxygens (including phenoxy) is 2. The van der Waals surface area contributed by atoms with Crippen molar-refractivity contribution >= 4 is 5.69 Å². The smallest absolute Gasteiger partial charge is 0.162 e. The summed E-state index contributed by atoms with van der Waals surface area (Å²) in [6.45, 7) is 2.72. The first kappa shape index (κ1) is 13.2. The normalized spacial score (nSPS) is 9.59. The first-order valence-corrected chi connectivity index (χ1v) is 5.44. The van der Waals surface area contributed by atoms with Crippen molar-refractivity contribution in [2.75, 3.05) is 32.7 Å². The SMILES string of the molecule is COc1cc(C)c(N(C)CCC#N)cc1OC. The Bertz CT molecular complexity index is 424. The van der Waals surface area contributed by atoms with Gasteiger partial charge in [0, 0.05) is 25.3 Å². The Morgan fingerprint density at radius 1 is 1.24 bits per heavy atom. The zero-order chi connectivity index (χ0) is 12.8. The summed E-state index contributed by atoms with van der Waals surface area (Å²) in [5, 5.41) is 8.59. The van der Waals surface area contributed by atoms with Gasteiger partial charge in [-0.3, -0.25) is 0 Å². The van der Waals surface area contributed by atoms with E-state index in [9.17, 15) is 0 Å². The molecule has 0 aromatic heterocycles. The van der Waals surface area contributed by atoms with E-state index >= 15 is 0 Å². The molecule has 0 aliphatic rings. The molecule has 0 unspecified atom stereocenters. The predicted molar refractivity (Wildman–Crippen MR) is 67.8 cm³/mol. The van der Waals surface area contributed by atoms with Crippen molar-refractivity contribution in [3.05, 3.63) is 17.7 Å². The van der Waals surface area contributed by atoms with Crippen LogP contribution in [0.15, 0.2) is 12.1 Å². The Hall–Kier alpha value is -1.89. The highest BCUT2D eigenvalue weighted by molar-refractivity contribution is 5.61. The summed E-state index contributed by atoms with van der Waals surface area (Å²) in [5.74, 6) is 1.43. The molecule has 92 valence electrons. The summed E-state index contributed by atoms with van der Waals surface area (Å²) in [4.78, 5) is 2.04. The molecule has 0 amide bonds. The van der Waals surface area contributed by atoms with Gasteiger partial charge in [-0.05, 0) is 18.6 Å². The quantitative estimate of drug-likeness (QED) is 0.784.